The van der Waals surface area contributed by atoms with Gasteiger partial charge in [0.15, 0.2) is 0 Å². The summed E-state index contributed by atoms with van der Waals surface area (Å²) in [5.74, 6) is 0.291. The Bertz CT molecular complexity index is 347. The molecule has 0 bridgehead atoms. The molecule has 0 saturated carbocycles. The Labute approximate surface area is 106 Å². The molecule has 88 valence electrons. The fraction of sp³-hybridized carbons (Fsp3) is 0.462. The molecule has 1 aromatic rings. The highest BCUT2D eigenvalue weighted by Gasteiger charge is 2.15. The van der Waals surface area contributed by atoms with E-state index in [1.54, 1.807) is 0 Å². The predicted octanol–water partition coefficient (Wildman–Crippen LogP) is 3.25. The molecular formula is C13H18BrNO. The molecule has 0 amide bonds. The minimum atomic E-state index is -0.00588. The zero-order valence-corrected chi connectivity index (χ0v) is 11.6. The fourth-order valence-corrected chi connectivity index (χ4v) is 1.82. The first-order valence-electron chi connectivity index (χ1n) is 5.52. The summed E-state index contributed by atoms with van der Waals surface area (Å²) in [5.41, 5.74) is 1.22. The summed E-state index contributed by atoms with van der Waals surface area (Å²) in [6.45, 7) is 4.68. The van der Waals surface area contributed by atoms with Gasteiger partial charge in [-0.1, -0.05) is 35.0 Å². The van der Waals surface area contributed by atoms with Gasteiger partial charge in [0.1, 0.15) is 5.78 Å². The second-order valence-corrected chi connectivity index (χ2v) is 4.95. The van der Waals surface area contributed by atoms with E-state index in [2.05, 4.69) is 33.0 Å². The molecule has 3 heteroatoms. The monoisotopic (exact) mass is 283 g/mol. The quantitative estimate of drug-likeness (QED) is 0.827. The maximum Gasteiger partial charge on any atom is 0.149 e. The largest absolute Gasteiger partial charge is 0.298 e. The van der Waals surface area contributed by atoms with Crippen LogP contribution in [0.1, 0.15) is 25.8 Å². The molecule has 0 heterocycles. The van der Waals surface area contributed by atoms with E-state index in [1.165, 1.54) is 5.56 Å². The number of ketones is 1. The molecule has 1 atom stereocenters. The SMILES string of the molecule is CCC(=O)C(C)N(C)Cc1ccc(Br)cc1. The number of carbonyl (C=O) groups excluding carboxylic acids is 1. The van der Waals surface area contributed by atoms with Crippen LogP contribution in [0.3, 0.4) is 0 Å². The van der Waals surface area contributed by atoms with Crippen molar-refractivity contribution in [2.24, 2.45) is 0 Å². The first-order chi connectivity index (χ1) is 7.54. The van der Waals surface area contributed by atoms with Crippen LogP contribution >= 0.6 is 15.9 Å². The topological polar surface area (TPSA) is 20.3 Å². The third kappa shape index (κ3) is 3.72. The summed E-state index contributed by atoms with van der Waals surface area (Å²) >= 11 is 3.41. The van der Waals surface area contributed by atoms with Gasteiger partial charge >= 0.3 is 0 Å². The van der Waals surface area contributed by atoms with Gasteiger partial charge in [0.05, 0.1) is 6.04 Å². The molecule has 0 aliphatic heterocycles. The molecule has 1 rings (SSSR count). The lowest BCUT2D eigenvalue weighted by molar-refractivity contribution is -0.123. The number of carbonyl (C=O) groups is 1. The van der Waals surface area contributed by atoms with Crippen LogP contribution < -0.4 is 0 Å². The Kier molecular flexibility index (Phi) is 5.16. The maximum absolute atomic E-state index is 11.5. The average Bonchev–Trinajstić information content (AvgIpc) is 2.30. The third-order valence-electron chi connectivity index (χ3n) is 2.82. The van der Waals surface area contributed by atoms with Crippen molar-refractivity contribution >= 4 is 21.7 Å². The molecule has 16 heavy (non-hydrogen) atoms. The minimum Gasteiger partial charge on any atom is -0.298 e. The van der Waals surface area contributed by atoms with E-state index in [0.29, 0.717) is 12.2 Å². The zero-order valence-electron chi connectivity index (χ0n) is 10.0. The highest BCUT2D eigenvalue weighted by Crippen LogP contribution is 2.13. The van der Waals surface area contributed by atoms with Crippen LogP contribution in [0.4, 0.5) is 0 Å². The summed E-state index contributed by atoms with van der Waals surface area (Å²) < 4.78 is 1.08. The molecule has 0 aromatic heterocycles. The van der Waals surface area contributed by atoms with Crippen molar-refractivity contribution in [3.8, 4) is 0 Å². The van der Waals surface area contributed by atoms with Crippen LogP contribution in [0.2, 0.25) is 0 Å². The molecule has 0 spiro atoms. The van der Waals surface area contributed by atoms with Crippen molar-refractivity contribution in [3.63, 3.8) is 0 Å². The third-order valence-corrected chi connectivity index (χ3v) is 3.35. The van der Waals surface area contributed by atoms with Crippen molar-refractivity contribution < 1.29 is 4.79 Å². The molecule has 0 N–H and O–H groups in total. The van der Waals surface area contributed by atoms with Crippen LogP contribution in [0.15, 0.2) is 28.7 Å². The van der Waals surface area contributed by atoms with E-state index in [4.69, 9.17) is 0 Å². The van der Waals surface area contributed by atoms with Crippen LogP contribution in [0.25, 0.3) is 0 Å². The van der Waals surface area contributed by atoms with Crippen molar-refractivity contribution in [2.45, 2.75) is 32.9 Å². The number of hydrogen-bond donors (Lipinski definition) is 0. The smallest absolute Gasteiger partial charge is 0.149 e. The van der Waals surface area contributed by atoms with E-state index in [1.807, 2.05) is 33.0 Å². The maximum atomic E-state index is 11.5. The van der Waals surface area contributed by atoms with Gasteiger partial charge in [-0.2, -0.15) is 0 Å². The summed E-state index contributed by atoms with van der Waals surface area (Å²) in [6, 6.07) is 8.19. The molecule has 0 aliphatic carbocycles. The van der Waals surface area contributed by atoms with E-state index in [-0.39, 0.29) is 6.04 Å². The van der Waals surface area contributed by atoms with E-state index < -0.39 is 0 Å². The van der Waals surface area contributed by atoms with Crippen LogP contribution in [-0.2, 0) is 11.3 Å². The minimum absolute atomic E-state index is 0.00588. The average molecular weight is 284 g/mol. The number of benzene rings is 1. The summed E-state index contributed by atoms with van der Waals surface area (Å²) in [5, 5.41) is 0. The van der Waals surface area contributed by atoms with E-state index in [0.717, 1.165) is 11.0 Å². The number of halogens is 1. The molecule has 2 nitrogen and oxygen atoms in total. The molecule has 1 unspecified atom stereocenters. The van der Waals surface area contributed by atoms with Crippen LogP contribution in [-0.4, -0.2) is 23.8 Å². The highest BCUT2D eigenvalue weighted by molar-refractivity contribution is 9.10. The van der Waals surface area contributed by atoms with Gasteiger partial charge in [-0.05, 0) is 31.7 Å². The van der Waals surface area contributed by atoms with Gasteiger partial charge in [0, 0.05) is 17.4 Å². The number of Topliss-reactive ketones (excluding diaryl/α,β-unsaturated/α-hetero) is 1. The molecule has 0 saturated heterocycles. The number of likely N-dealkylation sites (N-methyl/N-ethyl adjacent to an activating group) is 1. The fourth-order valence-electron chi connectivity index (χ4n) is 1.56. The highest BCUT2D eigenvalue weighted by atomic mass is 79.9. The molecule has 0 radical (unpaired) electrons. The number of nitrogens with zero attached hydrogens (tertiary/aromatic N) is 1. The number of hydrogen-bond acceptors (Lipinski definition) is 2. The number of rotatable bonds is 5. The van der Waals surface area contributed by atoms with Gasteiger partial charge in [0.25, 0.3) is 0 Å². The summed E-state index contributed by atoms with van der Waals surface area (Å²) in [6.07, 6.45) is 0.603. The Hall–Kier alpha value is -0.670. The zero-order chi connectivity index (χ0) is 12.1. The first-order valence-corrected chi connectivity index (χ1v) is 6.31. The standard InChI is InChI=1S/C13H18BrNO/c1-4-13(16)10(2)15(3)9-11-5-7-12(14)8-6-11/h5-8,10H,4,9H2,1-3H3. The van der Waals surface area contributed by atoms with Crippen LogP contribution in [0, 0.1) is 0 Å². The summed E-state index contributed by atoms with van der Waals surface area (Å²) in [4.78, 5) is 13.6. The first kappa shape index (κ1) is 13.4. The van der Waals surface area contributed by atoms with Gasteiger partial charge in [-0.15, -0.1) is 0 Å². The Balaban J connectivity index is 2.60. The molecule has 1 aromatic carbocycles. The summed E-state index contributed by atoms with van der Waals surface area (Å²) in [7, 11) is 1.99. The normalized spacial score (nSPS) is 12.8. The van der Waals surface area contributed by atoms with Crippen molar-refractivity contribution in [3.05, 3.63) is 34.3 Å². The van der Waals surface area contributed by atoms with E-state index in [9.17, 15) is 4.79 Å². The van der Waals surface area contributed by atoms with Gasteiger partial charge < -0.3 is 0 Å². The second-order valence-electron chi connectivity index (χ2n) is 4.04. The molecule has 0 fully saturated rings. The van der Waals surface area contributed by atoms with Gasteiger partial charge in [-0.25, -0.2) is 0 Å². The van der Waals surface area contributed by atoms with Crippen molar-refractivity contribution in [1.29, 1.82) is 0 Å². The lowest BCUT2D eigenvalue weighted by atomic mass is 10.1. The predicted molar refractivity (Wildman–Crippen MR) is 70.4 cm³/mol. The van der Waals surface area contributed by atoms with Gasteiger partial charge in [-0.3, -0.25) is 9.69 Å². The van der Waals surface area contributed by atoms with Crippen molar-refractivity contribution in [2.75, 3.05) is 7.05 Å². The second kappa shape index (κ2) is 6.16. The van der Waals surface area contributed by atoms with Crippen LogP contribution in [0.5, 0.6) is 0 Å². The lowest BCUT2D eigenvalue weighted by Crippen LogP contribution is -2.35. The lowest BCUT2D eigenvalue weighted by Gasteiger charge is -2.23. The Morgan fingerprint density at radius 3 is 2.44 bits per heavy atom. The Morgan fingerprint density at radius 1 is 1.38 bits per heavy atom. The van der Waals surface area contributed by atoms with Crippen molar-refractivity contribution in [1.82, 2.24) is 4.90 Å². The van der Waals surface area contributed by atoms with Gasteiger partial charge in [0.2, 0.25) is 0 Å². The molecule has 0 aliphatic rings. The van der Waals surface area contributed by atoms with E-state index >= 15 is 0 Å². The molecular weight excluding hydrogens is 266 g/mol. The Morgan fingerprint density at radius 2 is 1.94 bits per heavy atom.